The van der Waals surface area contributed by atoms with Crippen LogP contribution in [0.25, 0.3) is 16.6 Å². The number of hydrogen-bond acceptors (Lipinski definition) is 5. The van der Waals surface area contributed by atoms with Crippen LogP contribution < -0.4 is 4.90 Å². The van der Waals surface area contributed by atoms with E-state index in [1.165, 1.54) is 0 Å². The quantitative estimate of drug-likeness (QED) is 0.538. The number of carbonyl (C=O) groups is 1. The summed E-state index contributed by atoms with van der Waals surface area (Å²) in [6.45, 7) is 2.44. The minimum absolute atomic E-state index is 0.0240. The highest BCUT2D eigenvalue weighted by atomic mass is 35.5. The SMILES string of the molecule is O=C(O)CCOC[C@@H]1CCCN(c2cc(-n3ccnc3)c3ccc(Cl)c(Cl)c3n2)C1. The second kappa shape index (κ2) is 9.20. The lowest BCUT2D eigenvalue weighted by Gasteiger charge is -2.34. The van der Waals surface area contributed by atoms with Crippen molar-refractivity contribution in [1.29, 1.82) is 0 Å². The number of imidazole rings is 1. The number of hydrogen-bond donors (Lipinski definition) is 1. The zero-order valence-electron chi connectivity index (χ0n) is 16.3. The number of anilines is 1. The van der Waals surface area contributed by atoms with Crippen LogP contribution in [0.5, 0.6) is 0 Å². The van der Waals surface area contributed by atoms with Gasteiger partial charge in [0.15, 0.2) is 0 Å². The van der Waals surface area contributed by atoms with Gasteiger partial charge in [0.2, 0.25) is 0 Å². The van der Waals surface area contributed by atoms with Crippen LogP contribution in [-0.2, 0) is 9.53 Å². The highest BCUT2D eigenvalue weighted by Crippen LogP contribution is 2.35. The molecular formula is C21H22Cl2N4O3. The van der Waals surface area contributed by atoms with E-state index in [0.717, 1.165) is 42.8 Å². The van der Waals surface area contributed by atoms with Crippen LogP contribution >= 0.6 is 23.2 Å². The van der Waals surface area contributed by atoms with Crippen molar-refractivity contribution >= 4 is 45.9 Å². The third kappa shape index (κ3) is 4.53. The van der Waals surface area contributed by atoms with Gasteiger partial charge in [-0.25, -0.2) is 9.97 Å². The van der Waals surface area contributed by atoms with Crippen molar-refractivity contribution in [3.05, 3.63) is 47.0 Å². The topological polar surface area (TPSA) is 80.5 Å². The molecule has 9 heteroatoms. The molecule has 1 aromatic carbocycles. The first kappa shape index (κ1) is 20.9. The molecule has 0 aliphatic carbocycles. The Labute approximate surface area is 184 Å². The molecule has 7 nitrogen and oxygen atoms in total. The van der Waals surface area contributed by atoms with E-state index in [1.54, 1.807) is 18.6 Å². The number of aliphatic carboxylic acids is 1. The predicted octanol–water partition coefficient (Wildman–Crippen LogP) is 4.44. The lowest BCUT2D eigenvalue weighted by molar-refractivity contribution is -0.138. The number of fused-ring (bicyclic) bond motifs is 1. The minimum atomic E-state index is -0.844. The van der Waals surface area contributed by atoms with Gasteiger partial charge in [0.05, 0.1) is 47.2 Å². The first-order valence-corrected chi connectivity index (χ1v) is 10.6. The largest absolute Gasteiger partial charge is 0.481 e. The molecule has 3 heterocycles. The van der Waals surface area contributed by atoms with Gasteiger partial charge in [-0.3, -0.25) is 4.79 Å². The van der Waals surface area contributed by atoms with Gasteiger partial charge in [0, 0.05) is 36.9 Å². The second-order valence-corrected chi connectivity index (χ2v) is 8.19. The summed E-state index contributed by atoms with van der Waals surface area (Å²) in [5.74, 6) is 0.297. The van der Waals surface area contributed by atoms with Gasteiger partial charge in [-0.1, -0.05) is 23.2 Å². The standard InChI is InChI=1S/C21H22Cl2N4O3/c22-16-4-3-15-17(27-8-6-24-13-27)10-18(25-21(15)20(16)23)26-7-1-2-14(11-26)12-30-9-5-19(28)29/h3-4,6,8,10,13-14H,1-2,5,7,9,11-12H2,(H,28,29)/t14-/m1/s1. The molecule has 1 saturated heterocycles. The number of nitrogens with zero attached hydrogens (tertiary/aromatic N) is 4. The molecule has 0 spiro atoms. The Morgan fingerprint density at radius 3 is 2.97 bits per heavy atom. The van der Waals surface area contributed by atoms with E-state index in [0.29, 0.717) is 28.1 Å². The van der Waals surface area contributed by atoms with Gasteiger partial charge in [-0.05, 0) is 30.9 Å². The summed E-state index contributed by atoms with van der Waals surface area (Å²) in [5.41, 5.74) is 1.59. The first-order valence-electron chi connectivity index (χ1n) is 9.84. The van der Waals surface area contributed by atoms with Crippen LogP contribution in [0.2, 0.25) is 10.0 Å². The van der Waals surface area contributed by atoms with Gasteiger partial charge < -0.3 is 19.3 Å². The molecule has 0 amide bonds. The third-order valence-corrected chi connectivity index (χ3v) is 6.07. The zero-order chi connectivity index (χ0) is 21.1. The molecule has 158 valence electrons. The van der Waals surface area contributed by atoms with Gasteiger partial charge in [0.1, 0.15) is 5.82 Å². The van der Waals surface area contributed by atoms with Gasteiger partial charge in [0.25, 0.3) is 0 Å². The monoisotopic (exact) mass is 448 g/mol. The van der Waals surface area contributed by atoms with Crippen molar-refractivity contribution in [2.45, 2.75) is 19.3 Å². The van der Waals surface area contributed by atoms with Crippen LogP contribution in [0.1, 0.15) is 19.3 Å². The van der Waals surface area contributed by atoms with Crippen LogP contribution in [0, 0.1) is 5.92 Å². The van der Waals surface area contributed by atoms with E-state index >= 15 is 0 Å². The van der Waals surface area contributed by atoms with E-state index in [2.05, 4.69) is 9.88 Å². The number of carboxylic acids is 1. The van der Waals surface area contributed by atoms with Crippen molar-refractivity contribution in [1.82, 2.24) is 14.5 Å². The molecule has 30 heavy (non-hydrogen) atoms. The first-order chi connectivity index (χ1) is 14.5. The fourth-order valence-electron chi connectivity index (χ4n) is 3.80. The number of pyridine rings is 1. The van der Waals surface area contributed by atoms with Crippen LogP contribution in [0.3, 0.4) is 0 Å². The van der Waals surface area contributed by atoms with Crippen LogP contribution in [-0.4, -0.2) is 51.9 Å². The summed E-state index contributed by atoms with van der Waals surface area (Å²) >= 11 is 12.8. The predicted molar refractivity (Wildman–Crippen MR) is 117 cm³/mol. The lowest BCUT2D eigenvalue weighted by Crippen LogP contribution is -2.38. The number of halogens is 2. The Morgan fingerprint density at radius 1 is 1.33 bits per heavy atom. The van der Waals surface area contributed by atoms with Crippen molar-refractivity contribution in [3.8, 4) is 5.69 Å². The Kier molecular flexibility index (Phi) is 6.41. The third-order valence-electron chi connectivity index (χ3n) is 5.28. The van der Waals surface area contributed by atoms with Crippen molar-refractivity contribution in [3.63, 3.8) is 0 Å². The molecule has 1 aliphatic rings. The molecular weight excluding hydrogens is 427 g/mol. The molecule has 2 aromatic heterocycles. The van der Waals surface area contributed by atoms with Crippen molar-refractivity contribution in [2.75, 3.05) is 31.2 Å². The molecule has 0 radical (unpaired) electrons. The van der Waals surface area contributed by atoms with Gasteiger partial charge in [-0.2, -0.15) is 0 Å². The van der Waals surface area contributed by atoms with E-state index in [4.69, 9.17) is 38.0 Å². The number of benzene rings is 1. The maximum atomic E-state index is 10.7. The smallest absolute Gasteiger partial charge is 0.305 e. The average Bonchev–Trinajstić information content (AvgIpc) is 3.28. The average molecular weight is 449 g/mol. The molecule has 0 unspecified atom stereocenters. The summed E-state index contributed by atoms with van der Waals surface area (Å²) in [6.07, 6.45) is 7.44. The Hall–Kier alpha value is -2.35. The van der Waals surface area contributed by atoms with Crippen molar-refractivity contribution in [2.24, 2.45) is 5.92 Å². The second-order valence-electron chi connectivity index (χ2n) is 7.40. The van der Waals surface area contributed by atoms with Crippen molar-refractivity contribution < 1.29 is 14.6 Å². The number of ether oxygens (including phenoxy) is 1. The number of aromatic nitrogens is 3. The van der Waals surface area contributed by atoms with E-state index in [9.17, 15) is 4.79 Å². The Bertz CT molecular complexity index is 1040. The van der Waals surface area contributed by atoms with E-state index in [1.807, 2.05) is 22.9 Å². The summed E-state index contributed by atoms with van der Waals surface area (Å²) in [5, 5.41) is 10.6. The van der Waals surface area contributed by atoms with E-state index < -0.39 is 5.97 Å². The normalized spacial score (nSPS) is 16.9. The number of rotatable bonds is 7. The highest BCUT2D eigenvalue weighted by Gasteiger charge is 2.23. The van der Waals surface area contributed by atoms with E-state index in [-0.39, 0.29) is 13.0 Å². The molecule has 1 aliphatic heterocycles. The zero-order valence-corrected chi connectivity index (χ0v) is 17.8. The van der Waals surface area contributed by atoms with Gasteiger partial charge >= 0.3 is 5.97 Å². The maximum Gasteiger partial charge on any atom is 0.305 e. The summed E-state index contributed by atoms with van der Waals surface area (Å²) in [4.78, 5) is 21.9. The highest BCUT2D eigenvalue weighted by molar-refractivity contribution is 6.45. The summed E-state index contributed by atoms with van der Waals surface area (Å²) in [6, 6.07) is 5.74. The molecule has 1 atom stereocenters. The number of piperidine rings is 1. The lowest BCUT2D eigenvalue weighted by atomic mass is 9.99. The summed E-state index contributed by atoms with van der Waals surface area (Å²) < 4.78 is 7.52. The maximum absolute atomic E-state index is 10.7. The molecule has 1 fully saturated rings. The Morgan fingerprint density at radius 2 is 2.20 bits per heavy atom. The summed E-state index contributed by atoms with van der Waals surface area (Å²) in [7, 11) is 0. The van der Waals surface area contributed by atoms with Crippen LogP contribution in [0.15, 0.2) is 36.9 Å². The van der Waals surface area contributed by atoms with Crippen LogP contribution in [0.4, 0.5) is 5.82 Å². The fraction of sp³-hybridized carbons (Fsp3) is 0.381. The Balaban J connectivity index is 1.62. The molecule has 4 rings (SSSR count). The molecule has 0 bridgehead atoms. The minimum Gasteiger partial charge on any atom is -0.481 e. The molecule has 0 saturated carbocycles. The molecule has 3 aromatic rings. The van der Waals surface area contributed by atoms with Gasteiger partial charge in [-0.15, -0.1) is 0 Å². The molecule has 1 N–H and O–H groups in total. The number of carboxylic acid groups (broad SMARTS) is 1. The fourth-order valence-corrected chi connectivity index (χ4v) is 4.16.